The van der Waals surface area contributed by atoms with Gasteiger partial charge >= 0.3 is 0 Å². The fourth-order valence-electron chi connectivity index (χ4n) is 8.07. The third-order valence-corrected chi connectivity index (χ3v) is 10.6. The number of nitrogens with zero attached hydrogens (tertiary/aromatic N) is 5. The number of fused-ring (bicyclic) bond motifs is 6. The van der Waals surface area contributed by atoms with E-state index < -0.39 is 23.0 Å². The SMILES string of the molecule is Bc1c(O)c(O)c(O)c(O)c1-c1ccccc1-c1nc(-c2ccccc2)nc(-n2c3c(c4cc5c(cc42)c2ccccc2n5-c2ccccc2)=CCCC=3)n1. The maximum Gasteiger partial charge on any atom is 0.238 e. The molecule has 10 heteroatoms. The Bertz CT molecular complexity index is 3130. The highest BCUT2D eigenvalue weighted by Gasteiger charge is 2.26. The number of benzene rings is 6. The van der Waals surface area contributed by atoms with Crippen molar-refractivity contribution < 1.29 is 20.4 Å². The summed E-state index contributed by atoms with van der Waals surface area (Å²) in [5, 5.41) is 48.2. The van der Waals surface area contributed by atoms with Crippen molar-refractivity contribution in [1.82, 2.24) is 24.1 Å². The van der Waals surface area contributed by atoms with Crippen LogP contribution in [0, 0.1) is 0 Å². The Balaban J connectivity index is 1.29. The minimum Gasteiger partial charge on any atom is -0.505 e. The number of aromatic nitrogens is 5. The Morgan fingerprint density at radius 2 is 1.13 bits per heavy atom. The molecule has 0 atom stereocenters. The average Bonchev–Trinajstić information content (AvgIpc) is 3.74. The van der Waals surface area contributed by atoms with Crippen LogP contribution in [0.5, 0.6) is 23.0 Å². The second kappa shape index (κ2) is 12.4. The van der Waals surface area contributed by atoms with Crippen LogP contribution in [0.25, 0.3) is 90.4 Å². The number of para-hydroxylation sites is 2. The minimum atomic E-state index is -0.814. The first-order valence-electron chi connectivity index (χ1n) is 18.1. The number of phenols is 4. The van der Waals surface area contributed by atoms with Crippen molar-refractivity contribution in [2.45, 2.75) is 12.8 Å². The number of aromatic hydroxyl groups is 4. The number of hydrogen-bond acceptors (Lipinski definition) is 7. The summed E-state index contributed by atoms with van der Waals surface area (Å²) in [7, 11) is 1.56. The molecule has 0 saturated carbocycles. The zero-order valence-electron chi connectivity index (χ0n) is 29.6. The highest BCUT2D eigenvalue weighted by molar-refractivity contribution is 6.39. The van der Waals surface area contributed by atoms with Gasteiger partial charge in [-0.3, -0.25) is 4.57 Å². The van der Waals surface area contributed by atoms with Gasteiger partial charge in [0.1, 0.15) is 7.85 Å². The van der Waals surface area contributed by atoms with Crippen molar-refractivity contribution in [3.05, 3.63) is 132 Å². The van der Waals surface area contributed by atoms with Crippen LogP contribution in [0.15, 0.2) is 121 Å². The van der Waals surface area contributed by atoms with E-state index in [-0.39, 0.29) is 11.0 Å². The molecule has 4 N–H and O–H groups in total. The fraction of sp³-hybridized carbons (Fsp3) is 0.0444. The van der Waals surface area contributed by atoms with Crippen molar-refractivity contribution in [2.24, 2.45) is 0 Å². The largest absolute Gasteiger partial charge is 0.505 e. The zero-order valence-corrected chi connectivity index (χ0v) is 29.6. The lowest BCUT2D eigenvalue weighted by Gasteiger charge is -2.17. The molecule has 0 bridgehead atoms. The molecule has 6 aromatic carbocycles. The Hall–Kier alpha value is -7.33. The second-order valence-corrected chi connectivity index (χ2v) is 13.8. The lowest BCUT2D eigenvalue weighted by atomic mass is 9.83. The molecular weight excluding hydrogens is 685 g/mol. The first-order chi connectivity index (χ1) is 26.9. The predicted octanol–water partition coefficient (Wildman–Crippen LogP) is 6.35. The van der Waals surface area contributed by atoms with Gasteiger partial charge in [-0.2, -0.15) is 9.97 Å². The maximum absolute atomic E-state index is 11.1. The van der Waals surface area contributed by atoms with E-state index in [9.17, 15) is 20.4 Å². The third-order valence-electron chi connectivity index (χ3n) is 10.6. The van der Waals surface area contributed by atoms with Crippen LogP contribution in [-0.2, 0) is 0 Å². The van der Waals surface area contributed by atoms with Crippen LogP contribution in [0.1, 0.15) is 12.8 Å². The summed E-state index contributed by atoms with van der Waals surface area (Å²) in [4.78, 5) is 15.3. The number of phenolic OH excluding ortho intramolecular Hbond substituents is 4. The first-order valence-corrected chi connectivity index (χ1v) is 18.1. The van der Waals surface area contributed by atoms with E-state index in [4.69, 9.17) is 15.0 Å². The first kappa shape index (κ1) is 32.3. The van der Waals surface area contributed by atoms with E-state index in [1.54, 1.807) is 20.0 Å². The summed E-state index contributed by atoms with van der Waals surface area (Å²) in [6.45, 7) is 0. The monoisotopic (exact) mass is 717 g/mol. The molecule has 0 saturated heterocycles. The van der Waals surface area contributed by atoms with E-state index in [1.807, 2.05) is 48.5 Å². The molecule has 0 spiro atoms. The molecule has 3 aromatic heterocycles. The number of rotatable bonds is 5. The smallest absolute Gasteiger partial charge is 0.238 e. The summed E-state index contributed by atoms with van der Waals surface area (Å²) in [6.07, 6.45) is 6.31. The van der Waals surface area contributed by atoms with Crippen LogP contribution in [0.4, 0.5) is 0 Å². The molecule has 9 aromatic rings. The van der Waals surface area contributed by atoms with Crippen LogP contribution in [0.3, 0.4) is 0 Å². The van der Waals surface area contributed by atoms with Gasteiger partial charge in [-0.15, -0.1) is 0 Å². The molecule has 0 unspecified atom stereocenters. The summed E-state index contributed by atoms with van der Waals surface area (Å²) >= 11 is 0. The molecule has 0 amide bonds. The van der Waals surface area contributed by atoms with Crippen LogP contribution in [-0.4, -0.2) is 52.4 Å². The van der Waals surface area contributed by atoms with Crippen molar-refractivity contribution in [2.75, 3.05) is 0 Å². The normalized spacial score (nSPS) is 12.5. The van der Waals surface area contributed by atoms with E-state index in [2.05, 4.69) is 81.9 Å². The van der Waals surface area contributed by atoms with E-state index in [1.165, 1.54) is 0 Å². The van der Waals surface area contributed by atoms with Gasteiger partial charge in [-0.05, 0) is 54.2 Å². The van der Waals surface area contributed by atoms with Crippen molar-refractivity contribution >= 4 is 58.2 Å². The Labute approximate surface area is 315 Å². The van der Waals surface area contributed by atoms with Crippen molar-refractivity contribution in [3.8, 4) is 68.5 Å². The molecular formula is C45H32BN5O4. The number of hydrogen-bond donors (Lipinski definition) is 4. The molecule has 0 fully saturated rings. The maximum atomic E-state index is 11.1. The van der Waals surface area contributed by atoms with Gasteiger partial charge in [0.25, 0.3) is 0 Å². The molecule has 1 aliphatic rings. The Morgan fingerprint density at radius 1 is 0.509 bits per heavy atom. The fourth-order valence-corrected chi connectivity index (χ4v) is 8.07. The topological polar surface area (TPSA) is 129 Å². The van der Waals surface area contributed by atoms with Crippen LogP contribution >= 0.6 is 0 Å². The summed E-state index contributed by atoms with van der Waals surface area (Å²) in [5.74, 6) is -1.51. The average molecular weight is 718 g/mol. The van der Waals surface area contributed by atoms with Crippen LogP contribution in [0.2, 0.25) is 0 Å². The van der Waals surface area contributed by atoms with Gasteiger partial charge in [0, 0.05) is 43.8 Å². The lowest BCUT2D eigenvalue weighted by Crippen LogP contribution is -2.31. The van der Waals surface area contributed by atoms with Gasteiger partial charge < -0.3 is 25.0 Å². The molecule has 0 aliphatic heterocycles. The highest BCUT2D eigenvalue weighted by atomic mass is 16.3. The minimum absolute atomic E-state index is 0.149. The molecule has 9 nitrogen and oxygen atoms in total. The van der Waals surface area contributed by atoms with E-state index in [0.717, 1.165) is 67.4 Å². The molecule has 264 valence electrons. The summed E-state index contributed by atoms with van der Waals surface area (Å²) in [5.41, 5.74) is 6.36. The Kier molecular flexibility index (Phi) is 7.28. The molecule has 0 radical (unpaired) electrons. The standard InChI is InChI=1S/C45H32BN5O4/c46-38-37(39(52)41(54)42(55)40(38)53)29-19-7-8-20-30(29)44-47-43(25-13-3-1-4-14-25)48-45(49-44)51-34-22-12-10-18-28(34)32-23-35-31(24-36(32)51)27-17-9-11-21-33(27)50(35)26-15-5-2-6-16-26/h1-9,11,13-24,52-55H,10,12,46H2. The lowest BCUT2D eigenvalue weighted by molar-refractivity contribution is 0.348. The van der Waals surface area contributed by atoms with Gasteiger partial charge in [0.05, 0.1) is 21.9 Å². The molecule has 1 aliphatic carbocycles. The molecule has 3 heterocycles. The van der Waals surface area contributed by atoms with Gasteiger partial charge in [-0.1, -0.05) is 103 Å². The van der Waals surface area contributed by atoms with Crippen molar-refractivity contribution in [1.29, 1.82) is 0 Å². The van der Waals surface area contributed by atoms with E-state index >= 15 is 0 Å². The zero-order chi connectivity index (χ0) is 37.4. The van der Waals surface area contributed by atoms with Crippen LogP contribution < -0.4 is 16.0 Å². The molecule has 10 rings (SSSR count). The van der Waals surface area contributed by atoms with Gasteiger partial charge in [0.15, 0.2) is 23.1 Å². The third kappa shape index (κ3) is 4.91. The summed E-state index contributed by atoms with van der Waals surface area (Å²) in [6, 6.07) is 40.3. The van der Waals surface area contributed by atoms with Crippen molar-refractivity contribution in [3.63, 3.8) is 0 Å². The van der Waals surface area contributed by atoms with E-state index in [0.29, 0.717) is 28.7 Å². The molecule has 55 heavy (non-hydrogen) atoms. The second-order valence-electron chi connectivity index (χ2n) is 13.8. The predicted molar refractivity (Wildman–Crippen MR) is 220 cm³/mol. The quantitative estimate of drug-likeness (QED) is 0.0929. The Morgan fingerprint density at radius 3 is 1.93 bits per heavy atom. The summed E-state index contributed by atoms with van der Waals surface area (Å²) < 4.78 is 4.44. The highest BCUT2D eigenvalue weighted by Crippen LogP contribution is 2.47. The van der Waals surface area contributed by atoms with Gasteiger partial charge in [-0.25, -0.2) is 4.98 Å². The van der Waals surface area contributed by atoms with Gasteiger partial charge in [0.2, 0.25) is 17.4 Å².